The summed E-state index contributed by atoms with van der Waals surface area (Å²) >= 11 is 0. The summed E-state index contributed by atoms with van der Waals surface area (Å²) in [4.78, 5) is 26.2. The number of benzene rings is 2. The Morgan fingerprint density at radius 1 is 0.489 bits per heavy atom. The van der Waals surface area contributed by atoms with Gasteiger partial charge < -0.3 is 9.47 Å². The minimum atomic E-state index is -6.01. The quantitative estimate of drug-likeness (QED) is 0.0710. The predicted molar refractivity (Wildman–Crippen MR) is 172 cm³/mol. The summed E-state index contributed by atoms with van der Waals surface area (Å²) in [6, 6.07) is 7.38. The first-order valence-corrected chi connectivity index (χ1v) is 17.1. The average Bonchev–Trinajstić information content (AvgIpc) is 3.02. The smallest absolute Gasteiger partial charge is 0.411 e. The van der Waals surface area contributed by atoms with E-state index in [0.29, 0.717) is 37.8 Å². The normalized spacial score (nSPS) is 12.3. The van der Waals surface area contributed by atoms with Crippen LogP contribution < -0.4 is 0 Å². The van der Waals surface area contributed by atoms with Crippen molar-refractivity contribution in [3.63, 3.8) is 0 Å². The number of unbranched alkanes of at least 4 members (excludes halogenated alkanes) is 14. The summed E-state index contributed by atoms with van der Waals surface area (Å²) < 4.78 is 101. The fourth-order valence-electron chi connectivity index (χ4n) is 5.85. The summed E-state index contributed by atoms with van der Waals surface area (Å²) in [5.41, 5.74) is -9.18. The van der Waals surface area contributed by atoms with E-state index in [1.165, 1.54) is 12.1 Å². The van der Waals surface area contributed by atoms with Crippen molar-refractivity contribution in [1.82, 2.24) is 0 Å². The first-order chi connectivity index (χ1) is 22.4. The van der Waals surface area contributed by atoms with Gasteiger partial charge >= 0.3 is 24.3 Å². The van der Waals surface area contributed by atoms with Gasteiger partial charge in [0, 0.05) is 0 Å². The molecule has 0 radical (unpaired) electrons. The molecule has 4 nitrogen and oxygen atoms in total. The number of hydrogen-bond acceptors (Lipinski definition) is 4. The zero-order chi connectivity index (χ0) is 34.8. The third kappa shape index (κ3) is 11.6. The second-order valence-electron chi connectivity index (χ2n) is 12.1. The predicted octanol–water partition coefficient (Wildman–Crippen LogP) is 11.7. The zero-order valence-corrected chi connectivity index (χ0v) is 27.7. The van der Waals surface area contributed by atoms with Gasteiger partial charge in [0.15, 0.2) is 0 Å². The van der Waals surface area contributed by atoms with Crippen molar-refractivity contribution in [3.8, 4) is 0 Å². The van der Waals surface area contributed by atoms with Gasteiger partial charge in [0.05, 0.1) is 24.3 Å². The van der Waals surface area contributed by atoms with Crippen molar-refractivity contribution in [3.05, 3.63) is 70.8 Å². The lowest BCUT2D eigenvalue weighted by molar-refractivity contribution is -0.288. The van der Waals surface area contributed by atoms with Crippen molar-refractivity contribution in [2.24, 2.45) is 0 Å². The number of rotatable bonds is 22. The topological polar surface area (TPSA) is 52.6 Å². The Morgan fingerprint density at radius 2 is 0.787 bits per heavy atom. The van der Waals surface area contributed by atoms with Gasteiger partial charge in [-0.15, -0.1) is 0 Å². The molecule has 2 aromatic rings. The molecule has 0 N–H and O–H groups in total. The molecule has 0 saturated carbocycles. The molecule has 2 aromatic carbocycles. The highest BCUT2D eigenvalue weighted by Gasteiger charge is 2.74. The average molecular weight is 673 g/mol. The molecule has 0 atom stereocenters. The molecular formula is C37H50F6O4. The highest BCUT2D eigenvalue weighted by atomic mass is 19.4. The number of halogens is 6. The van der Waals surface area contributed by atoms with Crippen molar-refractivity contribution < 1.29 is 45.4 Å². The Kier molecular flexibility index (Phi) is 17.4. The van der Waals surface area contributed by atoms with Crippen molar-refractivity contribution >= 4 is 11.9 Å². The number of esters is 2. The lowest BCUT2D eigenvalue weighted by Gasteiger charge is -2.39. The Hall–Kier alpha value is -3.04. The third-order valence-electron chi connectivity index (χ3n) is 8.41. The van der Waals surface area contributed by atoms with E-state index in [2.05, 4.69) is 13.8 Å². The molecule has 0 aliphatic rings. The summed E-state index contributed by atoms with van der Waals surface area (Å²) in [5, 5.41) is 0. The van der Waals surface area contributed by atoms with Crippen molar-refractivity contribution in [2.75, 3.05) is 13.2 Å². The number of carbonyl (C=O) groups excluding carboxylic acids is 2. The Bertz CT molecular complexity index is 1110. The highest BCUT2D eigenvalue weighted by Crippen LogP contribution is 2.57. The Morgan fingerprint density at radius 3 is 1.11 bits per heavy atom. The molecule has 2 rings (SSSR count). The van der Waals surface area contributed by atoms with Crippen LogP contribution in [0.25, 0.3) is 0 Å². The monoisotopic (exact) mass is 672 g/mol. The molecule has 0 saturated heterocycles. The van der Waals surface area contributed by atoms with Crippen LogP contribution in [0.15, 0.2) is 48.5 Å². The van der Waals surface area contributed by atoms with Gasteiger partial charge in [0.1, 0.15) is 0 Å². The minimum absolute atomic E-state index is 0.144. The number of alkyl halides is 6. The maximum atomic E-state index is 15.1. The molecule has 0 amide bonds. The van der Waals surface area contributed by atoms with Gasteiger partial charge in [-0.2, -0.15) is 26.3 Å². The largest absolute Gasteiger partial charge is 0.462 e. The van der Waals surface area contributed by atoms with Crippen LogP contribution in [-0.2, 0) is 14.9 Å². The van der Waals surface area contributed by atoms with Gasteiger partial charge in [-0.1, -0.05) is 140 Å². The summed E-state index contributed by atoms with van der Waals surface area (Å²) in [7, 11) is 0. The van der Waals surface area contributed by atoms with Gasteiger partial charge in [-0.05, 0) is 36.1 Å². The summed E-state index contributed by atoms with van der Waals surface area (Å²) in [6.07, 6.45) is 2.99. The van der Waals surface area contributed by atoms with Gasteiger partial charge in [0.2, 0.25) is 5.41 Å². The summed E-state index contributed by atoms with van der Waals surface area (Å²) in [5.74, 6) is -2.59. The lowest BCUT2D eigenvalue weighted by Crippen LogP contribution is -2.56. The van der Waals surface area contributed by atoms with Crippen LogP contribution in [-0.4, -0.2) is 37.5 Å². The van der Waals surface area contributed by atoms with E-state index in [9.17, 15) is 9.59 Å². The number of hydrogen-bond donors (Lipinski definition) is 0. The van der Waals surface area contributed by atoms with Crippen LogP contribution in [0.3, 0.4) is 0 Å². The molecule has 0 heterocycles. The molecule has 0 aromatic heterocycles. The van der Waals surface area contributed by atoms with Crippen LogP contribution in [0.2, 0.25) is 0 Å². The SMILES string of the molecule is CCCCCCCCCCOC(=O)c1ccccc1C(c1ccccc1C(=O)OCCCCCCCCCC)(C(F)(F)F)C(F)(F)F. The van der Waals surface area contributed by atoms with Crippen LogP contribution in [0, 0.1) is 0 Å². The number of carbonyl (C=O) groups is 2. The van der Waals surface area contributed by atoms with Crippen molar-refractivity contribution in [2.45, 2.75) is 134 Å². The molecule has 47 heavy (non-hydrogen) atoms. The van der Waals surface area contributed by atoms with Gasteiger partial charge in [-0.25, -0.2) is 9.59 Å². The second-order valence-corrected chi connectivity index (χ2v) is 12.1. The first-order valence-electron chi connectivity index (χ1n) is 17.1. The van der Waals surface area contributed by atoms with E-state index in [1.807, 2.05) is 0 Å². The first kappa shape index (κ1) is 40.1. The lowest BCUT2D eigenvalue weighted by atomic mass is 9.69. The van der Waals surface area contributed by atoms with Crippen LogP contribution in [0.1, 0.15) is 148 Å². The number of ether oxygens (including phenoxy) is 2. The molecular weight excluding hydrogens is 622 g/mol. The third-order valence-corrected chi connectivity index (χ3v) is 8.41. The molecule has 0 fully saturated rings. The van der Waals surface area contributed by atoms with E-state index in [4.69, 9.17) is 9.47 Å². The second kappa shape index (κ2) is 20.4. The highest BCUT2D eigenvalue weighted by molar-refractivity contribution is 5.94. The van der Waals surface area contributed by atoms with E-state index in [1.54, 1.807) is 0 Å². The van der Waals surface area contributed by atoms with E-state index in [0.717, 1.165) is 101 Å². The maximum Gasteiger partial charge on any atom is 0.411 e. The molecule has 0 spiro atoms. The molecule has 0 aliphatic carbocycles. The van der Waals surface area contributed by atoms with Crippen LogP contribution in [0.4, 0.5) is 26.3 Å². The maximum absolute atomic E-state index is 15.1. The fraction of sp³-hybridized carbons (Fsp3) is 0.622. The zero-order valence-electron chi connectivity index (χ0n) is 27.7. The van der Waals surface area contributed by atoms with Crippen molar-refractivity contribution in [1.29, 1.82) is 0 Å². The van der Waals surface area contributed by atoms with Crippen LogP contribution in [0.5, 0.6) is 0 Å². The Labute approximate surface area is 275 Å². The van der Waals surface area contributed by atoms with E-state index in [-0.39, 0.29) is 13.2 Å². The van der Waals surface area contributed by atoms with Gasteiger partial charge in [0.25, 0.3) is 0 Å². The molecule has 264 valence electrons. The Balaban J connectivity index is 2.31. The minimum Gasteiger partial charge on any atom is -0.462 e. The standard InChI is InChI=1S/C37H50F6O4/c1-3-5-7-9-11-13-15-21-27-46-33(44)29-23-17-19-25-31(29)35(36(38,39)40,37(41,42)43)32-26-20-18-24-30(32)34(45)47-28-22-16-14-12-10-8-6-4-2/h17-20,23-26H,3-16,21-22,27-28H2,1-2H3. The summed E-state index contributed by atoms with van der Waals surface area (Å²) in [6.45, 7) is 3.95. The molecule has 0 aliphatic heterocycles. The molecule has 0 bridgehead atoms. The van der Waals surface area contributed by atoms with Crippen LogP contribution >= 0.6 is 0 Å². The molecule has 0 unspecified atom stereocenters. The molecule has 10 heteroatoms. The van der Waals surface area contributed by atoms with Gasteiger partial charge in [-0.3, -0.25) is 0 Å². The van der Waals surface area contributed by atoms with E-state index >= 15 is 26.3 Å². The van der Waals surface area contributed by atoms with E-state index < -0.39 is 52.0 Å². The fourth-order valence-corrected chi connectivity index (χ4v) is 5.85.